The number of benzene rings is 2. The van der Waals surface area contributed by atoms with Crippen molar-refractivity contribution in [1.29, 1.82) is 0 Å². The summed E-state index contributed by atoms with van der Waals surface area (Å²) in [5.74, 6) is -0.997. The van der Waals surface area contributed by atoms with Crippen molar-refractivity contribution in [2.75, 3.05) is 11.4 Å². The number of carbonyl (C=O) groups is 2. The lowest BCUT2D eigenvalue weighted by Crippen LogP contribution is -2.39. The van der Waals surface area contributed by atoms with Gasteiger partial charge in [0.2, 0.25) is 0 Å². The number of fused-ring (bicyclic) bond motifs is 1. The zero-order chi connectivity index (χ0) is 18.7. The van der Waals surface area contributed by atoms with Crippen LogP contribution in [0, 0.1) is 0 Å². The Labute approximate surface area is 156 Å². The van der Waals surface area contributed by atoms with E-state index >= 15 is 0 Å². The number of aliphatic carboxylic acids is 1. The van der Waals surface area contributed by atoms with Gasteiger partial charge in [0.05, 0.1) is 12.2 Å². The number of amides is 1. The van der Waals surface area contributed by atoms with Gasteiger partial charge in [-0.2, -0.15) is 0 Å². The molecule has 6 heteroatoms. The summed E-state index contributed by atoms with van der Waals surface area (Å²) in [5.41, 5.74) is 2.39. The Morgan fingerprint density at radius 1 is 1.27 bits per heavy atom. The van der Waals surface area contributed by atoms with Crippen molar-refractivity contribution in [3.63, 3.8) is 0 Å². The molecule has 0 bridgehead atoms. The molecule has 2 aromatic carbocycles. The van der Waals surface area contributed by atoms with E-state index < -0.39 is 11.9 Å². The summed E-state index contributed by atoms with van der Waals surface area (Å²) in [6.45, 7) is 2.25. The van der Waals surface area contributed by atoms with Crippen LogP contribution in [0.4, 0.5) is 5.69 Å². The maximum absolute atomic E-state index is 12.6. The fourth-order valence-corrected chi connectivity index (χ4v) is 3.19. The third-order valence-electron chi connectivity index (χ3n) is 4.20. The van der Waals surface area contributed by atoms with Gasteiger partial charge in [-0.1, -0.05) is 48.9 Å². The molecule has 0 saturated carbocycles. The lowest BCUT2D eigenvalue weighted by atomic mass is 10.0. The number of carboxylic acids is 1. The Morgan fingerprint density at radius 3 is 2.65 bits per heavy atom. The molecule has 5 nitrogen and oxygen atoms in total. The molecular formula is C20H18ClNO4. The van der Waals surface area contributed by atoms with Crippen LogP contribution in [0.5, 0.6) is 5.75 Å². The maximum atomic E-state index is 12.6. The predicted octanol–water partition coefficient (Wildman–Crippen LogP) is 4.01. The number of nitrogens with zero attached hydrogens (tertiary/aromatic N) is 1. The summed E-state index contributed by atoms with van der Waals surface area (Å²) in [6.07, 6.45) is 2.22. The minimum absolute atomic E-state index is 0.267. The first-order chi connectivity index (χ1) is 12.5. The van der Waals surface area contributed by atoms with E-state index in [9.17, 15) is 9.59 Å². The van der Waals surface area contributed by atoms with Gasteiger partial charge in [-0.3, -0.25) is 4.79 Å². The summed E-state index contributed by atoms with van der Waals surface area (Å²) >= 11 is 6.21. The molecule has 0 aliphatic carbocycles. The fourth-order valence-electron chi connectivity index (χ4n) is 2.96. The molecule has 0 fully saturated rings. The smallest absolute Gasteiger partial charge is 0.328 e. The van der Waals surface area contributed by atoms with Crippen LogP contribution in [0.25, 0.3) is 0 Å². The number of hydrogen-bond acceptors (Lipinski definition) is 3. The van der Waals surface area contributed by atoms with Gasteiger partial charge in [-0.05, 0) is 29.7 Å². The first-order valence-electron chi connectivity index (χ1n) is 8.26. The van der Waals surface area contributed by atoms with Gasteiger partial charge in [-0.15, -0.1) is 0 Å². The van der Waals surface area contributed by atoms with Gasteiger partial charge in [0.15, 0.2) is 0 Å². The highest BCUT2D eigenvalue weighted by atomic mass is 35.5. The Balaban J connectivity index is 2.06. The van der Waals surface area contributed by atoms with E-state index in [-0.39, 0.29) is 12.6 Å². The van der Waals surface area contributed by atoms with Crippen LogP contribution in [0.1, 0.15) is 24.2 Å². The highest BCUT2D eigenvalue weighted by Gasteiger charge is 2.31. The summed E-state index contributed by atoms with van der Waals surface area (Å²) in [5, 5.41) is 9.31. The second-order valence-electron chi connectivity index (χ2n) is 5.90. The van der Waals surface area contributed by atoms with E-state index in [1.54, 1.807) is 6.07 Å². The molecule has 1 unspecified atom stereocenters. The van der Waals surface area contributed by atoms with Crippen LogP contribution >= 0.6 is 11.6 Å². The van der Waals surface area contributed by atoms with Crippen LogP contribution in [0.15, 0.2) is 54.6 Å². The minimum Gasteiger partial charge on any atom is -0.481 e. The van der Waals surface area contributed by atoms with E-state index in [1.165, 1.54) is 4.90 Å². The molecule has 1 aliphatic rings. The summed E-state index contributed by atoms with van der Waals surface area (Å²) in [6, 6.07) is 13.1. The standard InChI is InChI=1S/C20H18ClNO4/c1-2-13-10-15(21)11-16-20(13)26-17(14-6-4-3-5-7-14)12-22(16)18(23)8-9-19(24)25/h3-11,17H,2,12H2,1H3,(H,24,25)/b9-8+. The monoisotopic (exact) mass is 371 g/mol. The third-order valence-corrected chi connectivity index (χ3v) is 4.42. The highest BCUT2D eigenvalue weighted by molar-refractivity contribution is 6.31. The van der Waals surface area contributed by atoms with Crippen molar-refractivity contribution < 1.29 is 19.4 Å². The SMILES string of the molecule is CCc1cc(Cl)cc2c1OC(c1ccccc1)CN2C(=O)/C=C/C(=O)O. The molecule has 0 spiro atoms. The quantitative estimate of drug-likeness (QED) is 0.824. The fraction of sp³-hybridized carbons (Fsp3) is 0.200. The van der Waals surface area contributed by atoms with E-state index in [2.05, 4.69) is 0 Å². The molecule has 0 radical (unpaired) electrons. The van der Waals surface area contributed by atoms with Crippen LogP contribution in [-0.2, 0) is 16.0 Å². The van der Waals surface area contributed by atoms with Crippen LogP contribution in [0.2, 0.25) is 5.02 Å². The lowest BCUT2D eigenvalue weighted by molar-refractivity contribution is -0.131. The highest BCUT2D eigenvalue weighted by Crippen LogP contribution is 2.42. The Hall–Kier alpha value is -2.79. The lowest BCUT2D eigenvalue weighted by Gasteiger charge is -2.36. The Kier molecular flexibility index (Phi) is 5.28. The number of carboxylic acid groups (broad SMARTS) is 1. The van der Waals surface area contributed by atoms with Crippen LogP contribution in [-0.4, -0.2) is 23.5 Å². The average molecular weight is 372 g/mol. The van der Waals surface area contributed by atoms with Gasteiger partial charge in [0.1, 0.15) is 11.9 Å². The summed E-state index contributed by atoms with van der Waals surface area (Å²) < 4.78 is 6.21. The third kappa shape index (κ3) is 3.73. The second-order valence-corrected chi connectivity index (χ2v) is 6.34. The van der Waals surface area contributed by atoms with Crippen molar-refractivity contribution in [1.82, 2.24) is 0 Å². The van der Waals surface area contributed by atoms with Crippen LogP contribution < -0.4 is 9.64 Å². The van der Waals surface area contributed by atoms with E-state index in [1.807, 2.05) is 43.3 Å². The number of aryl methyl sites for hydroxylation is 1. The molecular weight excluding hydrogens is 354 g/mol. The second kappa shape index (κ2) is 7.62. The van der Waals surface area contributed by atoms with Crippen molar-refractivity contribution >= 4 is 29.2 Å². The number of rotatable bonds is 4. The molecule has 1 heterocycles. The molecule has 134 valence electrons. The maximum Gasteiger partial charge on any atom is 0.328 e. The summed E-state index contributed by atoms with van der Waals surface area (Å²) in [7, 11) is 0. The summed E-state index contributed by atoms with van der Waals surface area (Å²) in [4.78, 5) is 24.9. The number of anilines is 1. The molecule has 1 aliphatic heterocycles. The van der Waals surface area contributed by atoms with Gasteiger partial charge >= 0.3 is 5.97 Å². The molecule has 1 amide bonds. The zero-order valence-corrected chi connectivity index (χ0v) is 14.9. The zero-order valence-electron chi connectivity index (χ0n) is 14.2. The largest absolute Gasteiger partial charge is 0.481 e. The molecule has 2 aromatic rings. The van der Waals surface area contributed by atoms with Gasteiger partial charge in [-0.25, -0.2) is 4.79 Å². The first kappa shape index (κ1) is 18.0. The van der Waals surface area contributed by atoms with E-state index in [0.29, 0.717) is 22.9 Å². The van der Waals surface area contributed by atoms with Gasteiger partial charge in [0, 0.05) is 17.2 Å². The number of ether oxygens (including phenoxy) is 1. The van der Waals surface area contributed by atoms with Crippen molar-refractivity contribution in [2.24, 2.45) is 0 Å². The van der Waals surface area contributed by atoms with Gasteiger partial charge < -0.3 is 14.7 Å². The number of carbonyl (C=O) groups excluding carboxylic acids is 1. The van der Waals surface area contributed by atoms with Crippen LogP contribution in [0.3, 0.4) is 0 Å². The molecule has 1 N–H and O–H groups in total. The van der Waals surface area contributed by atoms with Crippen molar-refractivity contribution in [3.05, 3.63) is 70.8 Å². The van der Waals surface area contributed by atoms with E-state index in [0.717, 1.165) is 23.3 Å². The number of hydrogen-bond donors (Lipinski definition) is 1. The first-order valence-corrected chi connectivity index (χ1v) is 8.64. The molecule has 26 heavy (non-hydrogen) atoms. The van der Waals surface area contributed by atoms with Gasteiger partial charge in [0.25, 0.3) is 5.91 Å². The molecule has 0 saturated heterocycles. The molecule has 3 rings (SSSR count). The number of halogens is 1. The molecule has 1 atom stereocenters. The van der Waals surface area contributed by atoms with Crippen molar-refractivity contribution in [2.45, 2.75) is 19.4 Å². The topological polar surface area (TPSA) is 66.8 Å². The normalized spacial score (nSPS) is 16.2. The van der Waals surface area contributed by atoms with E-state index in [4.69, 9.17) is 21.4 Å². The molecule has 0 aromatic heterocycles. The Morgan fingerprint density at radius 2 is 2.00 bits per heavy atom. The van der Waals surface area contributed by atoms with Crippen molar-refractivity contribution in [3.8, 4) is 5.75 Å². The Bertz CT molecular complexity index is 864. The average Bonchev–Trinajstić information content (AvgIpc) is 2.65. The predicted molar refractivity (Wildman–Crippen MR) is 99.8 cm³/mol. The minimum atomic E-state index is -1.17.